The standard InChI is InChI=1S/C10H14ClN3.C6H14O/c1-3-6(2)10(13)7-5-14-9(11)4-8(7)12;1-3-6(4-2)5-7/h4-6,13H,3H2,1-2H3,(H2,12,14);6-7H,3-5H2,1-2H3. The number of hydrogen-bond donors (Lipinski definition) is 3. The molecule has 0 saturated heterocycles. The molecule has 0 aromatic carbocycles. The average Bonchev–Trinajstić information content (AvgIpc) is 2.48. The lowest BCUT2D eigenvalue weighted by Crippen LogP contribution is -2.12. The number of pyridine rings is 1. The van der Waals surface area contributed by atoms with Gasteiger partial charge in [0.15, 0.2) is 0 Å². The van der Waals surface area contributed by atoms with E-state index in [0.29, 0.717) is 34.6 Å². The van der Waals surface area contributed by atoms with Gasteiger partial charge >= 0.3 is 0 Å². The van der Waals surface area contributed by atoms with Crippen molar-refractivity contribution in [3.8, 4) is 0 Å². The number of nitrogens with two attached hydrogens (primary N) is 1. The Morgan fingerprint density at radius 2 is 1.90 bits per heavy atom. The summed E-state index contributed by atoms with van der Waals surface area (Å²) in [5, 5.41) is 16.8. The van der Waals surface area contributed by atoms with Gasteiger partial charge in [-0.2, -0.15) is 0 Å². The summed E-state index contributed by atoms with van der Waals surface area (Å²) in [6.07, 6.45) is 4.69. The van der Waals surface area contributed by atoms with Crippen molar-refractivity contribution in [1.82, 2.24) is 4.98 Å². The van der Waals surface area contributed by atoms with Crippen molar-refractivity contribution in [2.75, 3.05) is 12.3 Å². The van der Waals surface area contributed by atoms with Crippen LogP contribution in [0.2, 0.25) is 5.15 Å². The predicted octanol–water partition coefficient (Wildman–Crippen LogP) is 4.15. The van der Waals surface area contributed by atoms with Crippen LogP contribution in [0.4, 0.5) is 5.69 Å². The zero-order valence-electron chi connectivity index (χ0n) is 13.5. The van der Waals surface area contributed by atoms with Gasteiger partial charge in [0, 0.05) is 29.8 Å². The van der Waals surface area contributed by atoms with E-state index in [0.717, 1.165) is 19.3 Å². The fraction of sp³-hybridized carbons (Fsp3) is 0.625. The topological polar surface area (TPSA) is 83.0 Å². The Morgan fingerprint density at radius 1 is 1.33 bits per heavy atom. The van der Waals surface area contributed by atoms with E-state index in [2.05, 4.69) is 18.8 Å². The van der Waals surface area contributed by atoms with Crippen molar-refractivity contribution in [1.29, 1.82) is 5.41 Å². The molecule has 0 aliphatic rings. The molecular weight excluding hydrogens is 286 g/mol. The Kier molecular flexibility index (Phi) is 10.0. The number of aliphatic hydroxyl groups is 1. The van der Waals surface area contributed by atoms with E-state index >= 15 is 0 Å². The molecule has 1 rings (SSSR count). The largest absolute Gasteiger partial charge is 0.398 e. The molecule has 0 aliphatic heterocycles. The number of aromatic nitrogens is 1. The second kappa shape index (κ2) is 10.6. The molecule has 21 heavy (non-hydrogen) atoms. The van der Waals surface area contributed by atoms with E-state index in [1.165, 1.54) is 0 Å². The Bertz CT molecular complexity index is 428. The van der Waals surface area contributed by atoms with Gasteiger partial charge < -0.3 is 16.2 Å². The van der Waals surface area contributed by atoms with Gasteiger partial charge in [-0.05, 0) is 24.3 Å². The fourth-order valence-corrected chi connectivity index (χ4v) is 1.85. The Hall–Kier alpha value is -1.13. The number of nitrogens with zero attached hydrogens (tertiary/aromatic N) is 1. The number of anilines is 1. The molecule has 120 valence electrons. The van der Waals surface area contributed by atoms with Crippen LogP contribution in [0.15, 0.2) is 12.3 Å². The Balaban J connectivity index is 0.000000486. The van der Waals surface area contributed by atoms with E-state index in [1.807, 2.05) is 13.8 Å². The second-order valence-corrected chi connectivity index (χ2v) is 5.57. The highest BCUT2D eigenvalue weighted by molar-refractivity contribution is 6.29. The molecule has 1 aromatic heterocycles. The maximum atomic E-state index is 8.53. The third kappa shape index (κ3) is 6.91. The molecule has 0 radical (unpaired) electrons. The minimum atomic E-state index is 0.195. The Morgan fingerprint density at radius 3 is 2.24 bits per heavy atom. The van der Waals surface area contributed by atoms with Gasteiger partial charge in [-0.15, -0.1) is 0 Å². The number of hydrogen-bond acceptors (Lipinski definition) is 4. The number of nitrogens with one attached hydrogen (secondary N) is 1. The minimum absolute atomic E-state index is 0.195. The minimum Gasteiger partial charge on any atom is -0.398 e. The van der Waals surface area contributed by atoms with Crippen molar-refractivity contribution >= 4 is 23.0 Å². The molecular formula is C16H28ClN3O. The van der Waals surface area contributed by atoms with E-state index in [1.54, 1.807) is 12.3 Å². The number of rotatable bonds is 6. The average molecular weight is 314 g/mol. The van der Waals surface area contributed by atoms with E-state index < -0.39 is 0 Å². The van der Waals surface area contributed by atoms with Crippen LogP contribution in [0.5, 0.6) is 0 Å². The zero-order valence-corrected chi connectivity index (χ0v) is 14.2. The first-order valence-electron chi connectivity index (χ1n) is 7.51. The highest BCUT2D eigenvalue weighted by atomic mass is 35.5. The highest BCUT2D eigenvalue weighted by Gasteiger charge is 2.12. The summed E-state index contributed by atoms with van der Waals surface area (Å²) in [5.74, 6) is 0.736. The fourth-order valence-electron chi connectivity index (χ4n) is 1.69. The number of nitrogen functional groups attached to an aromatic ring is 1. The maximum Gasteiger partial charge on any atom is 0.131 e. The maximum absolute atomic E-state index is 8.53. The molecule has 4 nitrogen and oxygen atoms in total. The van der Waals surface area contributed by atoms with Crippen LogP contribution in [0.1, 0.15) is 52.5 Å². The lowest BCUT2D eigenvalue weighted by Gasteiger charge is -2.12. The number of halogens is 1. The summed E-state index contributed by atoms with van der Waals surface area (Å²) in [6.45, 7) is 8.59. The van der Waals surface area contributed by atoms with Gasteiger partial charge in [-0.3, -0.25) is 0 Å². The zero-order chi connectivity index (χ0) is 16.4. The monoisotopic (exact) mass is 313 g/mol. The van der Waals surface area contributed by atoms with Gasteiger partial charge in [0.05, 0.1) is 0 Å². The van der Waals surface area contributed by atoms with Crippen molar-refractivity contribution in [2.45, 2.75) is 47.0 Å². The molecule has 0 fully saturated rings. The molecule has 1 atom stereocenters. The molecule has 1 unspecified atom stereocenters. The van der Waals surface area contributed by atoms with Crippen LogP contribution >= 0.6 is 11.6 Å². The van der Waals surface area contributed by atoms with Crippen molar-refractivity contribution in [2.24, 2.45) is 11.8 Å². The van der Waals surface area contributed by atoms with Gasteiger partial charge in [-0.25, -0.2) is 4.98 Å². The van der Waals surface area contributed by atoms with Crippen LogP contribution in [0, 0.1) is 17.2 Å². The van der Waals surface area contributed by atoms with E-state index in [-0.39, 0.29) is 5.92 Å². The van der Waals surface area contributed by atoms with Gasteiger partial charge in [0.25, 0.3) is 0 Å². The highest BCUT2D eigenvalue weighted by Crippen LogP contribution is 2.19. The van der Waals surface area contributed by atoms with Crippen molar-refractivity contribution in [3.05, 3.63) is 23.0 Å². The van der Waals surface area contributed by atoms with Gasteiger partial charge in [0.1, 0.15) is 5.15 Å². The summed E-state index contributed by atoms with van der Waals surface area (Å²) >= 11 is 5.67. The molecule has 1 heterocycles. The molecule has 4 N–H and O–H groups in total. The van der Waals surface area contributed by atoms with Gasteiger partial charge in [-0.1, -0.05) is 52.1 Å². The lowest BCUT2D eigenvalue weighted by atomic mass is 9.96. The second-order valence-electron chi connectivity index (χ2n) is 5.18. The normalized spacial score (nSPS) is 11.8. The molecule has 5 heteroatoms. The number of aliphatic hydroxyl groups excluding tert-OH is 1. The van der Waals surface area contributed by atoms with Crippen LogP contribution in [0.25, 0.3) is 0 Å². The molecule has 0 amide bonds. The molecule has 0 spiro atoms. The molecule has 1 aromatic rings. The third-order valence-electron chi connectivity index (χ3n) is 3.71. The van der Waals surface area contributed by atoms with Crippen LogP contribution < -0.4 is 5.73 Å². The molecule has 0 aliphatic carbocycles. The molecule has 0 bridgehead atoms. The van der Waals surface area contributed by atoms with E-state index in [4.69, 9.17) is 27.9 Å². The summed E-state index contributed by atoms with van der Waals surface area (Å²) < 4.78 is 0. The van der Waals surface area contributed by atoms with Crippen molar-refractivity contribution in [3.63, 3.8) is 0 Å². The first kappa shape index (κ1) is 19.9. The smallest absolute Gasteiger partial charge is 0.131 e. The summed E-state index contributed by atoms with van der Waals surface area (Å²) in [7, 11) is 0. The quantitative estimate of drug-likeness (QED) is 0.545. The predicted molar refractivity (Wildman–Crippen MR) is 91.1 cm³/mol. The summed E-state index contributed by atoms with van der Waals surface area (Å²) in [6, 6.07) is 1.58. The van der Waals surface area contributed by atoms with Gasteiger partial charge in [0.2, 0.25) is 0 Å². The van der Waals surface area contributed by atoms with E-state index in [9.17, 15) is 0 Å². The SMILES string of the molecule is CCC(C)C(=N)c1cnc(Cl)cc1N.CCC(CC)CO. The van der Waals surface area contributed by atoms with Crippen LogP contribution in [0.3, 0.4) is 0 Å². The molecule has 0 saturated carbocycles. The summed E-state index contributed by atoms with van der Waals surface area (Å²) in [4.78, 5) is 3.92. The van der Waals surface area contributed by atoms with Crippen LogP contribution in [-0.2, 0) is 0 Å². The van der Waals surface area contributed by atoms with Crippen LogP contribution in [-0.4, -0.2) is 22.4 Å². The third-order valence-corrected chi connectivity index (χ3v) is 3.92. The first-order valence-corrected chi connectivity index (χ1v) is 7.89. The van der Waals surface area contributed by atoms with Crippen molar-refractivity contribution < 1.29 is 5.11 Å². The summed E-state index contributed by atoms with van der Waals surface area (Å²) in [5.41, 5.74) is 7.48. The first-order chi connectivity index (χ1) is 9.90. The lowest BCUT2D eigenvalue weighted by molar-refractivity contribution is 0.219. The Labute approximate surface area is 133 Å².